The Hall–Kier alpha value is -1.82. The van der Waals surface area contributed by atoms with Crippen molar-refractivity contribution in [3.8, 4) is 0 Å². The normalized spacial score (nSPS) is 17.1. The predicted octanol–water partition coefficient (Wildman–Crippen LogP) is 4.35. The van der Waals surface area contributed by atoms with Crippen LogP contribution < -0.4 is 0 Å². The molecule has 1 unspecified atom stereocenters. The lowest BCUT2D eigenvalue weighted by molar-refractivity contribution is 0.844. The largest absolute Gasteiger partial charge is 0.0760 e. The van der Waals surface area contributed by atoms with Gasteiger partial charge in [0.15, 0.2) is 0 Å². The SMILES string of the molecule is Cc1ccccc1CC1C=Cc2ccccc21. The molecule has 0 bridgehead atoms. The first-order valence-electron chi connectivity index (χ1n) is 6.16. The molecule has 17 heavy (non-hydrogen) atoms. The molecule has 2 aromatic rings. The molecule has 0 aliphatic heterocycles. The van der Waals surface area contributed by atoms with E-state index in [0.29, 0.717) is 5.92 Å². The van der Waals surface area contributed by atoms with E-state index < -0.39 is 0 Å². The van der Waals surface area contributed by atoms with Crippen molar-refractivity contribution in [2.24, 2.45) is 0 Å². The van der Waals surface area contributed by atoms with Gasteiger partial charge in [-0.2, -0.15) is 0 Å². The summed E-state index contributed by atoms with van der Waals surface area (Å²) in [5.41, 5.74) is 5.70. The molecule has 0 nitrogen and oxygen atoms in total. The molecule has 0 fully saturated rings. The lowest BCUT2D eigenvalue weighted by Gasteiger charge is -2.12. The summed E-state index contributed by atoms with van der Waals surface area (Å²) in [6.07, 6.45) is 5.69. The molecule has 3 rings (SSSR count). The third kappa shape index (κ3) is 1.91. The number of hydrogen-bond donors (Lipinski definition) is 0. The van der Waals surface area contributed by atoms with Crippen molar-refractivity contribution in [1.29, 1.82) is 0 Å². The van der Waals surface area contributed by atoms with Crippen LogP contribution in [-0.2, 0) is 6.42 Å². The fraction of sp³-hybridized carbons (Fsp3) is 0.176. The van der Waals surface area contributed by atoms with Crippen LogP contribution in [0.2, 0.25) is 0 Å². The Balaban J connectivity index is 1.90. The Labute approximate surface area is 103 Å². The number of allylic oxidation sites excluding steroid dienone is 1. The van der Waals surface area contributed by atoms with Gasteiger partial charge in [-0.3, -0.25) is 0 Å². The molecule has 0 radical (unpaired) electrons. The van der Waals surface area contributed by atoms with Crippen LogP contribution in [0.4, 0.5) is 0 Å². The van der Waals surface area contributed by atoms with Gasteiger partial charge in [0.2, 0.25) is 0 Å². The third-order valence-corrected chi connectivity index (χ3v) is 3.60. The van der Waals surface area contributed by atoms with Gasteiger partial charge in [0.1, 0.15) is 0 Å². The van der Waals surface area contributed by atoms with Crippen LogP contribution in [0, 0.1) is 6.92 Å². The van der Waals surface area contributed by atoms with Crippen LogP contribution >= 0.6 is 0 Å². The summed E-state index contributed by atoms with van der Waals surface area (Å²) in [5, 5.41) is 0. The summed E-state index contributed by atoms with van der Waals surface area (Å²) >= 11 is 0. The standard InChI is InChI=1S/C17H16/c1-13-6-2-3-8-15(13)12-16-11-10-14-7-4-5-9-17(14)16/h2-11,16H,12H2,1H3. The van der Waals surface area contributed by atoms with Crippen LogP contribution in [-0.4, -0.2) is 0 Å². The van der Waals surface area contributed by atoms with Gasteiger partial charge in [-0.05, 0) is 35.6 Å². The van der Waals surface area contributed by atoms with E-state index in [1.165, 1.54) is 22.3 Å². The van der Waals surface area contributed by atoms with E-state index in [1.807, 2.05) is 0 Å². The van der Waals surface area contributed by atoms with Crippen molar-refractivity contribution >= 4 is 6.08 Å². The molecule has 84 valence electrons. The van der Waals surface area contributed by atoms with Gasteiger partial charge < -0.3 is 0 Å². The van der Waals surface area contributed by atoms with E-state index in [4.69, 9.17) is 0 Å². The summed E-state index contributed by atoms with van der Waals surface area (Å²) in [7, 11) is 0. The molecular weight excluding hydrogens is 204 g/mol. The Kier molecular flexibility index (Phi) is 2.56. The highest BCUT2D eigenvalue weighted by molar-refractivity contribution is 5.62. The molecule has 0 aromatic heterocycles. The summed E-state index contributed by atoms with van der Waals surface area (Å²) in [5.74, 6) is 0.548. The highest BCUT2D eigenvalue weighted by Crippen LogP contribution is 2.32. The maximum absolute atomic E-state index is 2.33. The van der Waals surface area contributed by atoms with E-state index in [0.717, 1.165) is 6.42 Å². The van der Waals surface area contributed by atoms with Crippen LogP contribution in [0.5, 0.6) is 0 Å². The first-order valence-corrected chi connectivity index (χ1v) is 6.16. The number of fused-ring (bicyclic) bond motifs is 1. The lowest BCUT2D eigenvalue weighted by Crippen LogP contribution is -1.99. The lowest BCUT2D eigenvalue weighted by atomic mass is 9.92. The summed E-state index contributed by atoms with van der Waals surface area (Å²) in [6.45, 7) is 2.19. The molecule has 0 saturated carbocycles. The van der Waals surface area contributed by atoms with Crippen LogP contribution in [0.15, 0.2) is 54.6 Å². The number of rotatable bonds is 2. The summed E-state index contributed by atoms with van der Waals surface area (Å²) in [6, 6.07) is 17.4. The number of aryl methyl sites for hydroxylation is 1. The zero-order chi connectivity index (χ0) is 11.7. The van der Waals surface area contributed by atoms with E-state index >= 15 is 0 Å². The Morgan fingerprint density at radius 1 is 0.941 bits per heavy atom. The van der Waals surface area contributed by atoms with Crippen LogP contribution in [0.25, 0.3) is 6.08 Å². The monoisotopic (exact) mass is 220 g/mol. The van der Waals surface area contributed by atoms with Crippen molar-refractivity contribution in [2.45, 2.75) is 19.3 Å². The first-order chi connectivity index (χ1) is 8.34. The Morgan fingerprint density at radius 3 is 2.59 bits per heavy atom. The maximum Gasteiger partial charge on any atom is 0.00677 e. The highest BCUT2D eigenvalue weighted by Gasteiger charge is 2.17. The Morgan fingerprint density at radius 2 is 1.71 bits per heavy atom. The molecule has 2 aromatic carbocycles. The van der Waals surface area contributed by atoms with Crippen molar-refractivity contribution < 1.29 is 0 Å². The van der Waals surface area contributed by atoms with E-state index in [2.05, 4.69) is 67.6 Å². The smallest absolute Gasteiger partial charge is 0.00677 e. The van der Waals surface area contributed by atoms with Crippen molar-refractivity contribution in [2.75, 3.05) is 0 Å². The van der Waals surface area contributed by atoms with Crippen LogP contribution in [0.3, 0.4) is 0 Å². The van der Waals surface area contributed by atoms with E-state index in [-0.39, 0.29) is 0 Å². The van der Waals surface area contributed by atoms with Gasteiger partial charge >= 0.3 is 0 Å². The van der Waals surface area contributed by atoms with E-state index in [9.17, 15) is 0 Å². The minimum absolute atomic E-state index is 0.548. The second-order valence-electron chi connectivity index (χ2n) is 4.73. The second-order valence-corrected chi connectivity index (χ2v) is 4.73. The quantitative estimate of drug-likeness (QED) is 0.706. The number of hydrogen-bond acceptors (Lipinski definition) is 0. The minimum atomic E-state index is 0.548. The highest BCUT2D eigenvalue weighted by atomic mass is 14.2. The molecule has 0 heteroatoms. The number of benzene rings is 2. The topological polar surface area (TPSA) is 0 Å². The third-order valence-electron chi connectivity index (χ3n) is 3.60. The summed E-state index contributed by atoms with van der Waals surface area (Å²) in [4.78, 5) is 0. The fourth-order valence-corrected chi connectivity index (χ4v) is 2.58. The molecule has 1 atom stereocenters. The zero-order valence-corrected chi connectivity index (χ0v) is 10.1. The second kappa shape index (κ2) is 4.21. The van der Waals surface area contributed by atoms with Gasteiger partial charge in [-0.25, -0.2) is 0 Å². The zero-order valence-electron chi connectivity index (χ0n) is 10.1. The van der Waals surface area contributed by atoms with Crippen molar-refractivity contribution in [3.05, 3.63) is 76.9 Å². The van der Waals surface area contributed by atoms with E-state index in [1.54, 1.807) is 0 Å². The molecule has 1 aliphatic rings. The Bertz CT molecular complexity index is 564. The predicted molar refractivity (Wildman–Crippen MR) is 73.1 cm³/mol. The first kappa shape index (κ1) is 10.3. The van der Waals surface area contributed by atoms with Crippen molar-refractivity contribution in [1.82, 2.24) is 0 Å². The molecule has 1 aliphatic carbocycles. The fourth-order valence-electron chi connectivity index (χ4n) is 2.58. The van der Waals surface area contributed by atoms with Crippen molar-refractivity contribution in [3.63, 3.8) is 0 Å². The molecule has 0 N–H and O–H groups in total. The van der Waals surface area contributed by atoms with Gasteiger partial charge in [-0.15, -0.1) is 0 Å². The average molecular weight is 220 g/mol. The summed E-state index contributed by atoms with van der Waals surface area (Å²) < 4.78 is 0. The average Bonchev–Trinajstić information content (AvgIpc) is 2.76. The molecule has 0 saturated heterocycles. The van der Waals surface area contributed by atoms with Gasteiger partial charge in [0, 0.05) is 5.92 Å². The van der Waals surface area contributed by atoms with Gasteiger partial charge in [0.25, 0.3) is 0 Å². The maximum atomic E-state index is 2.33. The minimum Gasteiger partial charge on any atom is -0.0760 e. The molecule has 0 heterocycles. The molecule has 0 amide bonds. The molecular formula is C17H16. The van der Waals surface area contributed by atoms with Gasteiger partial charge in [-0.1, -0.05) is 60.7 Å². The molecule has 0 spiro atoms. The van der Waals surface area contributed by atoms with Gasteiger partial charge in [0.05, 0.1) is 0 Å². The van der Waals surface area contributed by atoms with Crippen LogP contribution in [0.1, 0.15) is 28.2 Å².